The summed E-state index contributed by atoms with van der Waals surface area (Å²) in [4.78, 5) is 22.0. The third-order valence-electron chi connectivity index (χ3n) is 5.39. The van der Waals surface area contributed by atoms with Gasteiger partial charge in [0, 0.05) is 11.6 Å². The van der Waals surface area contributed by atoms with Crippen molar-refractivity contribution in [1.29, 1.82) is 0 Å². The second-order valence-electron chi connectivity index (χ2n) is 8.31. The molecule has 0 aliphatic carbocycles. The summed E-state index contributed by atoms with van der Waals surface area (Å²) in [5, 5.41) is 8.58. The molecule has 0 aromatic carbocycles. The zero-order chi connectivity index (χ0) is 21.6. The van der Waals surface area contributed by atoms with Crippen LogP contribution in [0.1, 0.15) is 129 Å². The predicted octanol–water partition coefficient (Wildman–Crippen LogP) is 7.60. The fraction of sp³-hybridized carbons (Fsp3) is 0.840. The quantitative estimate of drug-likeness (QED) is 0.120. The Morgan fingerprint density at radius 1 is 0.655 bits per heavy atom. The molecule has 170 valence electrons. The van der Waals surface area contributed by atoms with Crippen LogP contribution in [-0.4, -0.2) is 23.7 Å². The van der Waals surface area contributed by atoms with Gasteiger partial charge in [-0.2, -0.15) is 0 Å². The molecule has 0 saturated carbocycles. The van der Waals surface area contributed by atoms with Gasteiger partial charge >= 0.3 is 11.9 Å². The van der Waals surface area contributed by atoms with Gasteiger partial charge in [-0.25, -0.2) is 9.59 Å². The average molecular weight is 411 g/mol. The molecule has 0 aliphatic heterocycles. The number of unbranched alkanes of at least 4 members (excludes halogenated alkanes) is 17. The zero-order valence-corrected chi connectivity index (χ0v) is 19.2. The number of ether oxygens (including phenoxy) is 1. The Balaban J connectivity index is 3.21. The maximum Gasteiger partial charge on any atom is 0.333 e. The third-order valence-corrected chi connectivity index (χ3v) is 5.39. The molecule has 0 aliphatic rings. The number of esters is 1. The summed E-state index contributed by atoms with van der Waals surface area (Å²) >= 11 is 0. The highest BCUT2D eigenvalue weighted by atomic mass is 16.5. The van der Waals surface area contributed by atoms with Crippen LogP contribution in [-0.2, 0) is 14.3 Å². The minimum absolute atomic E-state index is 0.139. The van der Waals surface area contributed by atoms with Crippen LogP contribution in [0.2, 0.25) is 0 Å². The number of carbonyl (C=O) groups excluding carboxylic acids is 1. The Labute approximate surface area is 179 Å². The number of hydrogen-bond acceptors (Lipinski definition) is 3. The predicted molar refractivity (Wildman–Crippen MR) is 121 cm³/mol. The molecule has 4 heteroatoms. The fourth-order valence-electron chi connectivity index (χ4n) is 3.53. The monoisotopic (exact) mass is 410 g/mol. The molecule has 0 bridgehead atoms. The van der Waals surface area contributed by atoms with Gasteiger partial charge in [-0.1, -0.05) is 116 Å². The van der Waals surface area contributed by atoms with E-state index in [1.54, 1.807) is 0 Å². The number of carboxylic acids is 1. The van der Waals surface area contributed by atoms with Crippen LogP contribution in [0.4, 0.5) is 0 Å². The smallest absolute Gasteiger partial charge is 0.333 e. The van der Waals surface area contributed by atoms with Gasteiger partial charge in [0.2, 0.25) is 0 Å². The molecule has 0 aromatic rings. The lowest BCUT2D eigenvalue weighted by Crippen LogP contribution is -2.08. The molecule has 1 N–H and O–H groups in total. The third kappa shape index (κ3) is 21.2. The van der Waals surface area contributed by atoms with Gasteiger partial charge in [-0.15, -0.1) is 0 Å². The van der Waals surface area contributed by atoms with Crippen molar-refractivity contribution in [2.45, 2.75) is 129 Å². The van der Waals surface area contributed by atoms with Crippen LogP contribution in [0.3, 0.4) is 0 Å². The summed E-state index contributed by atoms with van der Waals surface area (Å²) in [7, 11) is 0. The molecular weight excluding hydrogens is 364 g/mol. The molecule has 0 unspecified atom stereocenters. The first-order valence-corrected chi connectivity index (χ1v) is 12.2. The molecule has 0 heterocycles. The minimum Gasteiger partial charge on any atom is -0.478 e. The van der Waals surface area contributed by atoms with E-state index in [4.69, 9.17) is 9.84 Å². The molecule has 0 radical (unpaired) electrons. The van der Waals surface area contributed by atoms with Gasteiger partial charge in [-0.3, -0.25) is 0 Å². The Bertz CT molecular complexity index is 429. The fourth-order valence-corrected chi connectivity index (χ4v) is 3.53. The summed E-state index contributed by atoms with van der Waals surface area (Å²) in [6.07, 6.45) is 24.8. The van der Waals surface area contributed by atoms with Crippen molar-refractivity contribution in [2.75, 3.05) is 6.61 Å². The molecule has 0 rings (SSSR count). The Hall–Kier alpha value is -1.32. The van der Waals surface area contributed by atoms with Crippen LogP contribution < -0.4 is 0 Å². The van der Waals surface area contributed by atoms with E-state index in [0.29, 0.717) is 6.61 Å². The lowest BCUT2D eigenvalue weighted by atomic mass is 10.0. The highest BCUT2D eigenvalue weighted by Crippen LogP contribution is 2.14. The van der Waals surface area contributed by atoms with Crippen LogP contribution >= 0.6 is 0 Å². The van der Waals surface area contributed by atoms with Crippen LogP contribution in [0.15, 0.2) is 11.6 Å². The van der Waals surface area contributed by atoms with Gasteiger partial charge in [0.15, 0.2) is 0 Å². The molecule has 0 fully saturated rings. The molecule has 29 heavy (non-hydrogen) atoms. The summed E-state index contributed by atoms with van der Waals surface area (Å²) < 4.78 is 5.06. The Morgan fingerprint density at radius 2 is 1.00 bits per heavy atom. The van der Waals surface area contributed by atoms with E-state index in [1.165, 1.54) is 110 Å². The largest absolute Gasteiger partial charge is 0.478 e. The standard InChI is InChI=1S/C25H46O4/c1-3-4-5-6-7-8-9-10-11-12-13-14-15-16-17-18-19-20-21-29-25(28)23(2)22-24(26)27/h22H,3-21H2,1-2H3,(H,26,27)/b23-22-. The molecular formula is C25H46O4. The Morgan fingerprint density at radius 3 is 1.34 bits per heavy atom. The van der Waals surface area contributed by atoms with Crippen molar-refractivity contribution >= 4 is 11.9 Å². The van der Waals surface area contributed by atoms with Gasteiger partial charge < -0.3 is 9.84 Å². The van der Waals surface area contributed by atoms with E-state index in [2.05, 4.69) is 6.92 Å². The summed E-state index contributed by atoms with van der Waals surface area (Å²) in [5.74, 6) is -1.65. The number of carbonyl (C=O) groups is 2. The number of carboxylic acid groups (broad SMARTS) is 1. The normalized spacial score (nSPS) is 11.6. The molecule has 4 nitrogen and oxygen atoms in total. The number of rotatable bonds is 21. The second-order valence-corrected chi connectivity index (χ2v) is 8.31. The molecule has 0 atom stereocenters. The Kier molecular flexibility index (Phi) is 20.4. The van der Waals surface area contributed by atoms with E-state index >= 15 is 0 Å². The highest BCUT2D eigenvalue weighted by Gasteiger charge is 2.07. The minimum atomic E-state index is -1.12. The summed E-state index contributed by atoms with van der Waals surface area (Å²) in [6, 6.07) is 0. The van der Waals surface area contributed by atoms with E-state index in [1.807, 2.05) is 0 Å². The van der Waals surface area contributed by atoms with Gasteiger partial charge in [-0.05, 0) is 13.3 Å². The van der Waals surface area contributed by atoms with Gasteiger partial charge in [0.05, 0.1) is 6.61 Å². The van der Waals surface area contributed by atoms with Crippen molar-refractivity contribution in [2.24, 2.45) is 0 Å². The van der Waals surface area contributed by atoms with Crippen LogP contribution in [0.25, 0.3) is 0 Å². The molecule has 0 amide bonds. The van der Waals surface area contributed by atoms with E-state index in [0.717, 1.165) is 18.9 Å². The van der Waals surface area contributed by atoms with Crippen molar-refractivity contribution in [3.63, 3.8) is 0 Å². The maximum atomic E-state index is 11.5. The van der Waals surface area contributed by atoms with Gasteiger partial charge in [0.1, 0.15) is 0 Å². The summed E-state index contributed by atoms with van der Waals surface area (Å²) in [5.41, 5.74) is 0.139. The van der Waals surface area contributed by atoms with Crippen LogP contribution in [0.5, 0.6) is 0 Å². The van der Waals surface area contributed by atoms with Crippen molar-refractivity contribution in [3.8, 4) is 0 Å². The van der Waals surface area contributed by atoms with E-state index in [9.17, 15) is 9.59 Å². The first-order chi connectivity index (χ1) is 14.1. The average Bonchev–Trinajstić information content (AvgIpc) is 2.69. The van der Waals surface area contributed by atoms with Crippen molar-refractivity contribution in [3.05, 3.63) is 11.6 Å². The second kappa shape index (κ2) is 21.4. The topological polar surface area (TPSA) is 63.6 Å². The first-order valence-electron chi connectivity index (χ1n) is 12.2. The lowest BCUT2D eigenvalue weighted by molar-refractivity contribution is -0.140. The number of hydrogen-bond donors (Lipinski definition) is 1. The molecule has 0 spiro atoms. The molecule has 0 saturated heterocycles. The van der Waals surface area contributed by atoms with E-state index < -0.39 is 11.9 Å². The summed E-state index contributed by atoms with van der Waals surface area (Å²) in [6.45, 7) is 4.12. The van der Waals surface area contributed by atoms with Crippen molar-refractivity contribution < 1.29 is 19.4 Å². The van der Waals surface area contributed by atoms with Gasteiger partial charge in [0.25, 0.3) is 0 Å². The van der Waals surface area contributed by atoms with Crippen LogP contribution in [0, 0.1) is 0 Å². The molecule has 0 aromatic heterocycles. The SMILES string of the molecule is CCCCCCCCCCCCCCCCCCCCOC(=O)/C(C)=C\C(=O)O. The maximum absolute atomic E-state index is 11.5. The lowest BCUT2D eigenvalue weighted by Gasteiger charge is -2.05. The van der Waals surface area contributed by atoms with E-state index in [-0.39, 0.29) is 5.57 Å². The van der Waals surface area contributed by atoms with Crippen molar-refractivity contribution in [1.82, 2.24) is 0 Å². The highest BCUT2D eigenvalue weighted by molar-refractivity contribution is 5.95. The first kappa shape index (κ1) is 27.7. The number of aliphatic carboxylic acids is 1. The zero-order valence-electron chi connectivity index (χ0n) is 19.2.